The lowest BCUT2D eigenvalue weighted by Gasteiger charge is -2.24. The molecule has 0 spiro atoms. The molecule has 0 fully saturated rings. The van der Waals surface area contributed by atoms with E-state index in [0.29, 0.717) is 13.1 Å². The van der Waals surface area contributed by atoms with Crippen LogP contribution in [0, 0.1) is 0 Å². The zero-order valence-electron chi connectivity index (χ0n) is 11.8. The quantitative estimate of drug-likeness (QED) is 0.644. The summed E-state index contributed by atoms with van der Waals surface area (Å²) in [5.74, 6) is -0.745. The van der Waals surface area contributed by atoms with Gasteiger partial charge in [0.1, 0.15) is 0 Å². The van der Waals surface area contributed by atoms with E-state index in [9.17, 15) is 9.59 Å². The number of hydrogen-bond acceptors (Lipinski definition) is 3. The Hall–Kier alpha value is -1.10. The minimum absolute atomic E-state index is 0.0716. The Labute approximate surface area is 110 Å². The molecule has 0 aliphatic heterocycles. The topological polar surface area (TPSA) is 60.9 Å². The maximum atomic E-state index is 11.9. The molecule has 0 rings (SSSR count). The molecule has 0 bridgehead atoms. The Kier molecular flexibility index (Phi) is 9.28. The average Bonchev–Trinajstić information content (AvgIpc) is 2.33. The Morgan fingerprint density at radius 2 is 1.72 bits per heavy atom. The van der Waals surface area contributed by atoms with Crippen molar-refractivity contribution in [2.24, 2.45) is 0 Å². The van der Waals surface area contributed by atoms with Crippen LogP contribution in [0.3, 0.4) is 0 Å². The lowest BCUT2D eigenvalue weighted by Crippen LogP contribution is -2.40. The second-order valence-electron chi connectivity index (χ2n) is 4.59. The van der Waals surface area contributed by atoms with Gasteiger partial charge in [-0.05, 0) is 19.4 Å². The predicted molar refractivity (Wildman–Crippen MR) is 71.5 cm³/mol. The van der Waals surface area contributed by atoms with Crippen LogP contribution < -0.4 is 0 Å². The van der Waals surface area contributed by atoms with E-state index >= 15 is 0 Å². The fourth-order valence-corrected chi connectivity index (χ4v) is 1.67. The third kappa shape index (κ3) is 8.06. The van der Waals surface area contributed by atoms with Gasteiger partial charge < -0.3 is 10.0 Å². The zero-order chi connectivity index (χ0) is 14.0. The third-order valence-electron chi connectivity index (χ3n) is 2.81. The molecular formula is C13H26N2O3. The fourth-order valence-electron chi connectivity index (χ4n) is 1.67. The SMILES string of the molecule is CCCCN(C)C(=O)CN(CCC)CCC(=O)O. The highest BCUT2D eigenvalue weighted by molar-refractivity contribution is 5.78. The fraction of sp³-hybridized carbons (Fsp3) is 0.846. The van der Waals surface area contributed by atoms with E-state index in [1.807, 2.05) is 11.8 Å². The maximum absolute atomic E-state index is 11.9. The van der Waals surface area contributed by atoms with Gasteiger partial charge in [-0.2, -0.15) is 0 Å². The van der Waals surface area contributed by atoms with Crippen LogP contribution in [0.15, 0.2) is 0 Å². The van der Waals surface area contributed by atoms with Gasteiger partial charge >= 0.3 is 5.97 Å². The number of carbonyl (C=O) groups excluding carboxylic acids is 1. The van der Waals surface area contributed by atoms with Crippen molar-refractivity contribution in [2.75, 3.05) is 33.2 Å². The Bertz CT molecular complexity index is 257. The lowest BCUT2D eigenvalue weighted by atomic mass is 10.3. The maximum Gasteiger partial charge on any atom is 0.304 e. The van der Waals surface area contributed by atoms with Gasteiger partial charge in [-0.25, -0.2) is 0 Å². The molecule has 0 heterocycles. The van der Waals surface area contributed by atoms with Gasteiger partial charge in [-0.1, -0.05) is 20.3 Å². The van der Waals surface area contributed by atoms with Crippen molar-refractivity contribution in [3.63, 3.8) is 0 Å². The van der Waals surface area contributed by atoms with E-state index in [0.717, 1.165) is 32.4 Å². The summed E-state index contributed by atoms with van der Waals surface area (Å²) in [6, 6.07) is 0. The summed E-state index contributed by atoms with van der Waals surface area (Å²) in [7, 11) is 1.80. The highest BCUT2D eigenvalue weighted by atomic mass is 16.4. The highest BCUT2D eigenvalue weighted by Gasteiger charge is 2.14. The summed E-state index contributed by atoms with van der Waals surface area (Å²) in [5, 5.41) is 8.67. The lowest BCUT2D eigenvalue weighted by molar-refractivity contribution is -0.138. The van der Waals surface area contributed by atoms with Crippen molar-refractivity contribution in [3.05, 3.63) is 0 Å². The first-order chi connectivity index (χ1) is 8.51. The van der Waals surface area contributed by atoms with Crippen molar-refractivity contribution in [1.29, 1.82) is 0 Å². The molecular weight excluding hydrogens is 232 g/mol. The van der Waals surface area contributed by atoms with Crippen LogP contribution in [-0.4, -0.2) is 60.0 Å². The van der Waals surface area contributed by atoms with E-state index < -0.39 is 5.97 Å². The van der Waals surface area contributed by atoms with Crippen LogP contribution in [0.1, 0.15) is 39.5 Å². The van der Waals surface area contributed by atoms with Crippen molar-refractivity contribution in [2.45, 2.75) is 39.5 Å². The van der Waals surface area contributed by atoms with Crippen molar-refractivity contribution < 1.29 is 14.7 Å². The molecule has 1 N–H and O–H groups in total. The molecule has 0 saturated carbocycles. The first-order valence-corrected chi connectivity index (χ1v) is 6.69. The first kappa shape index (κ1) is 16.9. The smallest absolute Gasteiger partial charge is 0.304 e. The second-order valence-corrected chi connectivity index (χ2v) is 4.59. The number of carboxylic acid groups (broad SMARTS) is 1. The molecule has 18 heavy (non-hydrogen) atoms. The molecule has 1 amide bonds. The standard InChI is InChI=1S/C13H26N2O3/c1-4-6-9-14(3)12(16)11-15(8-5-2)10-7-13(17)18/h4-11H2,1-3H3,(H,17,18). The Morgan fingerprint density at radius 1 is 1.06 bits per heavy atom. The summed E-state index contributed by atoms with van der Waals surface area (Å²) in [4.78, 5) is 26.1. The van der Waals surface area contributed by atoms with Gasteiger partial charge in [0, 0.05) is 20.1 Å². The minimum Gasteiger partial charge on any atom is -0.481 e. The van der Waals surface area contributed by atoms with Gasteiger partial charge in [0.25, 0.3) is 0 Å². The van der Waals surface area contributed by atoms with Crippen LogP contribution in [0.2, 0.25) is 0 Å². The van der Waals surface area contributed by atoms with Crippen LogP contribution in [0.5, 0.6) is 0 Å². The number of aliphatic carboxylic acids is 1. The predicted octanol–water partition coefficient (Wildman–Crippen LogP) is 1.43. The average molecular weight is 258 g/mol. The number of likely N-dealkylation sites (N-methyl/N-ethyl adjacent to an activating group) is 1. The molecule has 0 aliphatic rings. The molecule has 0 unspecified atom stereocenters. The summed E-state index contributed by atoms with van der Waals surface area (Å²) < 4.78 is 0. The molecule has 106 valence electrons. The molecule has 0 saturated heterocycles. The highest BCUT2D eigenvalue weighted by Crippen LogP contribution is 1.98. The van der Waals surface area contributed by atoms with Gasteiger partial charge in [0.15, 0.2) is 0 Å². The molecule has 0 aromatic heterocycles. The summed E-state index contributed by atoms with van der Waals surface area (Å²) in [6.07, 6.45) is 3.08. The zero-order valence-corrected chi connectivity index (χ0v) is 11.8. The van der Waals surface area contributed by atoms with Crippen LogP contribution >= 0.6 is 0 Å². The largest absolute Gasteiger partial charge is 0.481 e. The van der Waals surface area contributed by atoms with Gasteiger partial charge in [0.05, 0.1) is 13.0 Å². The van der Waals surface area contributed by atoms with Crippen LogP contribution in [-0.2, 0) is 9.59 Å². The van der Waals surface area contributed by atoms with E-state index in [1.165, 1.54) is 0 Å². The molecule has 0 aromatic carbocycles. The summed E-state index contributed by atoms with van der Waals surface area (Å²) in [5.41, 5.74) is 0. The third-order valence-corrected chi connectivity index (χ3v) is 2.81. The van der Waals surface area contributed by atoms with Gasteiger partial charge in [-0.3, -0.25) is 14.5 Å². The molecule has 0 aliphatic carbocycles. The molecule has 0 atom stereocenters. The van der Waals surface area contributed by atoms with Crippen molar-refractivity contribution in [3.8, 4) is 0 Å². The van der Waals surface area contributed by atoms with E-state index in [-0.39, 0.29) is 12.3 Å². The van der Waals surface area contributed by atoms with Crippen molar-refractivity contribution >= 4 is 11.9 Å². The second kappa shape index (κ2) is 9.88. The molecule has 5 heteroatoms. The van der Waals surface area contributed by atoms with Gasteiger partial charge in [0.2, 0.25) is 5.91 Å². The number of carboxylic acids is 1. The van der Waals surface area contributed by atoms with Crippen molar-refractivity contribution in [1.82, 2.24) is 9.80 Å². The minimum atomic E-state index is -0.817. The summed E-state index contributed by atoms with van der Waals surface area (Å²) in [6.45, 7) is 6.42. The number of rotatable bonds is 10. The summed E-state index contributed by atoms with van der Waals surface area (Å²) >= 11 is 0. The number of carbonyl (C=O) groups is 2. The molecule has 5 nitrogen and oxygen atoms in total. The Morgan fingerprint density at radius 3 is 2.22 bits per heavy atom. The van der Waals surface area contributed by atoms with E-state index in [1.54, 1.807) is 11.9 Å². The number of hydrogen-bond donors (Lipinski definition) is 1. The molecule has 0 radical (unpaired) electrons. The Balaban J connectivity index is 4.12. The monoisotopic (exact) mass is 258 g/mol. The van der Waals surface area contributed by atoms with E-state index in [4.69, 9.17) is 5.11 Å². The number of unbranched alkanes of at least 4 members (excludes halogenated alkanes) is 1. The normalized spacial score (nSPS) is 10.7. The van der Waals surface area contributed by atoms with Gasteiger partial charge in [-0.15, -0.1) is 0 Å². The first-order valence-electron chi connectivity index (χ1n) is 6.69. The van der Waals surface area contributed by atoms with Crippen LogP contribution in [0.4, 0.5) is 0 Å². The number of nitrogens with zero attached hydrogens (tertiary/aromatic N) is 2. The van der Waals surface area contributed by atoms with Crippen LogP contribution in [0.25, 0.3) is 0 Å². The molecule has 0 aromatic rings. The number of amides is 1. The van der Waals surface area contributed by atoms with E-state index in [2.05, 4.69) is 6.92 Å².